The molecule has 0 radical (unpaired) electrons. The quantitative estimate of drug-likeness (QED) is 0.804. The van der Waals surface area contributed by atoms with Gasteiger partial charge in [0.2, 0.25) is 0 Å². The molecular formula is C13H12N2O4. The molecule has 98 valence electrons. The van der Waals surface area contributed by atoms with E-state index in [0.29, 0.717) is 0 Å². The molecule has 2 atom stereocenters. The van der Waals surface area contributed by atoms with Gasteiger partial charge in [0.15, 0.2) is 6.23 Å². The number of aliphatic hydroxyl groups excluding tert-OH is 1. The van der Waals surface area contributed by atoms with Crippen molar-refractivity contribution in [1.29, 1.82) is 0 Å². The zero-order valence-corrected chi connectivity index (χ0v) is 9.95. The molecule has 0 saturated heterocycles. The Hall–Kier alpha value is -2.18. The van der Waals surface area contributed by atoms with E-state index in [1.807, 2.05) is 24.3 Å². The molecule has 0 fully saturated rings. The largest absolute Gasteiger partial charge is 0.393 e. The molecule has 1 aromatic heterocycles. The highest BCUT2D eigenvalue weighted by Gasteiger charge is 2.32. The minimum Gasteiger partial charge on any atom is -0.393 e. The topological polar surface area (TPSA) is 84.3 Å². The van der Waals surface area contributed by atoms with Gasteiger partial charge in [0.05, 0.1) is 6.61 Å². The van der Waals surface area contributed by atoms with Crippen molar-refractivity contribution in [3.63, 3.8) is 0 Å². The van der Waals surface area contributed by atoms with E-state index < -0.39 is 23.6 Å². The molecule has 0 bridgehead atoms. The minimum atomic E-state index is -0.627. The highest BCUT2D eigenvalue weighted by molar-refractivity contribution is 5.34. The summed E-state index contributed by atoms with van der Waals surface area (Å²) in [6.07, 6.45) is 0.306. The molecule has 1 aliphatic rings. The van der Waals surface area contributed by atoms with Crippen LogP contribution in [0.25, 0.3) is 0 Å². The Kier molecular flexibility index (Phi) is 2.81. The number of hydrogen-bond donors (Lipinski definition) is 2. The lowest BCUT2D eigenvalue weighted by atomic mass is 10.0. The number of hydrogen-bond acceptors (Lipinski definition) is 4. The Balaban J connectivity index is 2.13. The maximum atomic E-state index is 11.8. The molecule has 19 heavy (non-hydrogen) atoms. The second-order valence-electron chi connectivity index (χ2n) is 4.31. The van der Waals surface area contributed by atoms with Crippen molar-refractivity contribution < 1.29 is 9.84 Å². The summed E-state index contributed by atoms with van der Waals surface area (Å²) in [5.74, 6) is 0. The summed E-state index contributed by atoms with van der Waals surface area (Å²) in [5.41, 5.74) is 0.681. The van der Waals surface area contributed by atoms with Crippen LogP contribution in [-0.2, 0) is 4.74 Å². The van der Waals surface area contributed by atoms with E-state index in [1.54, 1.807) is 0 Å². The molecule has 3 rings (SSSR count). The van der Waals surface area contributed by atoms with Crippen LogP contribution in [-0.4, -0.2) is 21.3 Å². The normalized spacial score (nSPS) is 21.3. The Bertz CT molecular complexity index is 719. The monoisotopic (exact) mass is 260 g/mol. The lowest BCUT2D eigenvalue weighted by Crippen LogP contribution is -2.31. The van der Waals surface area contributed by atoms with E-state index in [1.165, 1.54) is 16.8 Å². The molecule has 1 aromatic carbocycles. The maximum absolute atomic E-state index is 11.8. The Morgan fingerprint density at radius 2 is 1.95 bits per heavy atom. The summed E-state index contributed by atoms with van der Waals surface area (Å²) in [5, 5.41) is 9.32. The number of ether oxygens (including phenoxy) is 1. The molecule has 0 unspecified atom stereocenters. The Morgan fingerprint density at radius 1 is 1.21 bits per heavy atom. The van der Waals surface area contributed by atoms with Crippen LogP contribution in [0.15, 0.2) is 46.1 Å². The zero-order chi connectivity index (χ0) is 13.4. The standard InChI is InChI=1S/C13H12N2O4/c16-7-10-8-3-1-2-4-9(8)12(19-10)15-6-5-11(17)14-13(15)18/h1-6,10,12,16H,7H2,(H,14,17,18)/t10-,12-/m1/s1. The van der Waals surface area contributed by atoms with Crippen molar-refractivity contribution in [3.05, 3.63) is 68.5 Å². The van der Waals surface area contributed by atoms with Crippen molar-refractivity contribution in [1.82, 2.24) is 9.55 Å². The lowest BCUT2D eigenvalue weighted by molar-refractivity contribution is -0.0341. The first-order chi connectivity index (χ1) is 9.20. The highest BCUT2D eigenvalue weighted by atomic mass is 16.5. The molecule has 0 aliphatic carbocycles. The molecule has 2 N–H and O–H groups in total. The second-order valence-corrected chi connectivity index (χ2v) is 4.31. The van der Waals surface area contributed by atoms with Gasteiger partial charge in [-0.05, 0) is 5.56 Å². The molecule has 1 aliphatic heterocycles. The second kappa shape index (κ2) is 4.49. The first-order valence-corrected chi connectivity index (χ1v) is 5.87. The third-order valence-corrected chi connectivity index (χ3v) is 3.17. The molecule has 6 heteroatoms. The average Bonchev–Trinajstić information content (AvgIpc) is 2.78. The number of H-pyrrole nitrogens is 1. The number of nitrogens with zero attached hydrogens (tertiary/aromatic N) is 1. The molecule has 2 heterocycles. The van der Waals surface area contributed by atoms with Crippen molar-refractivity contribution >= 4 is 0 Å². The number of nitrogens with one attached hydrogen (secondary N) is 1. The van der Waals surface area contributed by atoms with Gasteiger partial charge in [-0.25, -0.2) is 4.79 Å². The number of aromatic nitrogens is 2. The molecule has 0 spiro atoms. The molecule has 0 amide bonds. The van der Waals surface area contributed by atoms with E-state index in [-0.39, 0.29) is 6.61 Å². The highest BCUT2D eigenvalue weighted by Crippen LogP contribution is 2.38. The smallest absolute Gasteiger partial charge is 0.330 e. The van der Waals surface area contributed by atoms with E-state index >= 15 is 0 Å². The Labute approximate surface area is 107 Å². The third-order valence-electron chi connectivity index (χ3n) is 3.17. The van der Waals surface area contributed by atoms with Gasteiger partial charge >= 0.3 is 5.69 Å². The minimum absolute atomic E-state index is 0.161. The van der Waals surface area contributed by atoms with Crippen LogP contribution in [0.1, 0.15) is 23.5 Å². The third kappa shape index (κ3) is 1.91. The molecule has 0 saturated carbocycles. The van der Waals surface area contributed by atoms with Gasteiger partial charge in [-0.3, -0.25) is 14.3 Å². The summed E-state index contributed by atoms with van der Waals surface area (Å²) in [6, 6.07) is 8.65. The SMILES string of the molecule is O=c1ccn([C@@H]2O[C@H](CO)c3ccccc32)c(=O)[nH]1. The van der Waals surface area contributed by atoms with Crippen LogP contribution in [0.3, 0.4) is 0 Å². The first kappa shape index (κ1) is 11.9. The number of benzene rings is 1. The summed E-state index contributed by atoms with van der Waals surface area (Å²) >= 11 is 0. The van der Waals surface area contributed by atoms with Gasteiger partial charge < -0.3 is 9.84 Å². The fourth-order valence-corrected chi connectivity index (χ4v) is 2.30. The van der Waals surface area contributed by atoms with Gasteiger partial charge in [0.25, 0.3) is 5.56 Å². The van der Waals surface area contributed by atoms with E-state index in [2.05, 4.69) is 4.98 Å². The number of rotatable bonds is 2. The summed E-state index contributed by atoms with van der Waals surface area (Å²) in [6.45, 7) is -0.161. The first-order valence-electron chi connectivity index (χ1n) is 5.87. The predicted octanol–water partition coefficient (Wildman–Crippen LogP) is 0.147. The Morgan fingerprint density at radius 3 is 2.63 bits per heavy atom. The van der Waals surface area contributed by atoms with Gasteiger partial charge in [-0.15, -0.1) is 0 Å². The van der Waals surface area contributed by atoms with Crippen LogP contribution in [0, 0.1) is 0 Å². The molecular weight excluding hydrogens is 248 g/mol. The van der Waals surface area contributed by atoms with Crippen LogP contribution in [0.4, 0.5) is 0 Å². The summed E-state index contributed by atoms with van der Waals surface area (Å²) < 4.78 is 6.98. The summed E-state index contributed by atoms with van der Waals surface area (Å²) in [4.78, 5) is 25.1. The van der Waals surface area contributed by atoms with E-state index in [0.717, 1.165) is 11.1 Å². The number of aromatic amines is 1. The van der Waals surface area contributed by atoms with Crippen molar-refractivity contribution in [2.45, 2.75) is 12.3 Å². The van der Waals surface area contributed by atoms with Gasteiger partial charge in [0, 0.05) is 17.8 Å². The van der Waals surface area contributed by atoms with Crippen molar-refractivity contribution in [2.75, 3.05) is 6.61 Å². The lowest BCUT2D eigenvalue weighted by Gasteiger charge is -2.15. The van der Waals surface area contributed by atoms with Gasteiger partial charge in [-0.2, -0.15) is 0 Å². The van der Waals surface area contributed by atoms with E-state index in [4.69, 9.17) is 4.74 Å². The van der Waals surface area contributed by atoms with Crippen LogP contribution in [0.5, 0.6) is 0 Å². The maximum Gasteiger partial charge on any atom is 0.330 e. The van der Waals surface area contributed by atoms with Crippen LogP contribution >= 0.6 is 0 Å². The fraction of sp³-hybridized carbons (Fsp3) is 0.231. The number of fused-ring (bicyclic) bond motifs is 1. The average molecular weight is 260 g/mol. The van der Waals surface area contributed by atoms with E-state index in [9.17, 15) is 14.7 Å². The van der Waals surface area contributed by atoms with Gasteiger partial charge in [-0.1, -0.05) is 24.3 Å². The fourth-order valence-electron chi connectivity index (χ4n) is 2.30. The van der Waals surface area contributed by atoms with Crippen molar-refractivity contribution in [3.8, 4) is 0 Å². The number of aliphatic hydroxyl groups is 1. The zero-order valence-electron chi connectivity index (χ0n) is 9.95. The van der Waals surface area contributed by atoms with Crippen LogP contribution in [0.2, 0.25) is 0 Å². The molecule has 2 aromatic rings. The van der Waals surface area contributed by atoms with Gasteiger partial charge in [0.1, 0.15) is 6.10 Å². The predicted molar refractivity (Wildman–Crippen MR) is 66.8 cm³/mol. The summed E-state index contributed by atoms with van der Waals surface area (Å²) in [7, 11) is 0. The molecule has 6 nitrogen and oxygen atoms in total. The van der Waals surface area contributed by atoms with Crippen molar-refractivity contribution in [2.24, 2.45) is 0 Å². The van der Waals surface area contributed by atoms with Crippen LogP contribution < -0.4 is 11.2 Å².